The Hall–Kier alpha value is -2.08. The molecule has 2 unspecified atom stereocenters. The number of ether oxygens (including phenoxy) is 1. The molecule has 2 aliphatic rings. The molecule has 2 saturated heterocycles. The number of carbonyl (C=O) groups excluding carboxylic acids is 2. The number of carbonyl (C=O) groups is 2. The first-order valence-electron chi connectivity index (χ1n) is 9.16. The van der Waals surface area contributed by atoms with E-state index in [0.29, 0.717) is 35.7 Å². The molecule has 6 nitrogen and oxygen atoms in total. The average Bonchev–Trinajstić information content (AvgIpc) is 2.54. The lowest BCUT2D eigenvalue weighted by Crippen LogP contribution is -2.54. The van der Waals surface area contributed by atoms with Crippen LogP contribution in [0.15, 0.2) is 18.2 Å². The van der Waals surface area contributed by atoms with Crippen molar-refractivity contribution in [2.75, 3.05) is 11.9 Å². The van der Waals surface area contributed by atoms with E-state index in [1.54, 1.807) is 18.2 Å². The van der Waals surface area contributed by atoms with Crippen LogP contribution in [-0.2, 0) is 4.79 Å². The fourth-order valence-corrected chi connectivity index (χ4v) is 3.91. The van der Waals surface area contributed by atoms with Gasteiger partial charge in [0, 0.05) is 36.8 Å². The minimum Gasteiger partial charge on any atom is -0.493 e. The molecule has 3 rings (SSSR count). The first kappa shape index (κ1) is 17.7. The van der Waals surface area contributed by atoms with Gasteiger partial charge in [0.2, 0.25) is 5.91 Å². The van der Waals surface area contributed by atoms with Crippen LogP contribution in [-0.4, -0.2) is 36.5 Å². The van der Waals surface area contributed by atoms with Gasteiger partial charge in [0.05, 0.1) is 12.2 Å². The van der Waals surface area contributed by atoms with Gasteiger partial charge in [0.25, 0.3) is 5.91 Å². The summed E-state index contributed by atoms with van der Waals surface area (Å²) in [7, 11) is 0. The van der Waals surface area contributed by atoms with E-state index in [9.17, 15) is 9.59 Å². The number of nitrogens with one attached hydrogen (secondary N) is 3. The minimum absolute atomic E-state index is 0.109. The van der Waals surface area contributed by atoms with E-state index in [1.807, 2.05) is 6.92 Å². The van der Waals surface area contributed by atoms with E-state index in [2.05, 4.69) is 16.0 Å². The lowest BCUT2D eigenvalue weighted by atomic mass is 9.84. The van der Waals surface area contributed by atoms with Crippen molar-refractivity contribution in [3.8, 4) is 5.75 Å². The van der Waals surface area contributed by atoms with E-state index < -0.39 is 0 Å². The molecule has 1 aromatic carbocycles. The number of rotatable bonds is 5. The highest BCUT2D eigenvalue weighted by Gasteiger charge is 2.32. The summed E-state index contributed by atoms with van der Waals surface area (Å²) < 4.78 is 5.62. The summed E-state index contributed by atoms with van der Waals surface area (Å²) >= 11 is 0. The maximum atomic E-state index is 12.8. The van der Waals surface area contributed by atoms with Gasteiger partial charge < -0.3 is 20.7 Å². The molecule has 2 heterocycles. The number of benzene rings is 1. The third-order valence-corrected chi connectivity index (χ3v) is 4.90. The van der Waals surface area contributed by atoms with Crippen LogP contribution in [0, 0.1) is 0 Å². The summed E-state index contributed by atoms with van der Waals surface area (Å²) in [6, 6.07) is 6.40. The Labute approximate surface area is 148 Å². The second-order valence-electron chi connectivity index (χ2n) is 6.96. The van der Waals surface area contributed by atoms with Gasteiger partial charge in [-0.25, -0.2) is 0 Å². The predicted molar refractivity (Wildman–Crippen MR) is 97.0 cm³/mol. The highest BCUT2D eigenvalue weighted by Crippen LogP contribution is 2.27. The Morgan fingerprint density at radius 1 is 1.24 bits per heavy atom. The van der Waals surface area contributed by atoms with E-state index in [0.717, 1.165) is 12.8 Å². The molecule has 0 radical (unpaired) electrons. The van der Waals surface area contributed by atoms with Crippen LogP contribution in [0.5, 0.6) is 5.75 Å². The highest BCUT2D eigenvalue weighted by atomic mass is 16.5. The van der Waals surface area contributed by atoms with Crippen LogP contribution in [0.1, 0.15) is 56.3 Å². The summed E-state index contributed by atoms with van der Waals surface area (Å²) in [5, 5.41) is 9.53. The van der Waals surface area contributed by atoms with Crippen LogP contribution >= 0.6 is 0 Å². The molecule has 2 atom stereocenters. The Morgan fingerprint density at radius 3 is 2.60 bits per heavy atom. The summed E-state index contributed by atoms with van der Waals surface area (Å²) in [6.07, 6.45) is 5.63. The first-order chi connectivity index (χ1) is 12.0. The molecule has 1 aromatic rings. The molecule has 6 heteroatoms. The fraction of sp³-hybridized carbons (Fsp3) is 0.579. The van der Waals surface area contributed by atoms with Crippen molar-refractivity contribution in [3.63, 3.8) is 0 Å². The van der Waals surface area contributed by atoms with Crippen molar-refractivity contribution in [1.29, 1.82) is 0 Å². The van der Waals surface area contributed by atoms with Crippen LogP contribution < -0.4 is 20.7 Å². The van der Waals surface area contributed by atoms with Crippen LogP contribution in [0.4, 0.5) is 5.69 Å². The molecule has 0 aromatic heterocycles. The predicted octanol–water partition coefficient (Wildman–Crippen LogP) is 2.45. The van der Waals surface area contributed by atoms with Crippen molar-refractivity contribution in [2.45, 2.75) is 64.1 Å². The Kier molecular flexibility index (Phi) is 5.58. The van der Waals surface area contributed by atoms with Gasteiger partial charge in [-0.1, -0.05) is 6.42 Å². The maximum Gasteiger partial charge on any atom is 0.255 e. The van der Waals surface area contributed by atoms with Crippen LogP contribution in [0.3, 0.4) is 0 Å². The third kappa shape index (κ3) is 4.51. The lowest BCUT2D eigenvalue weighted by Gasteiger charge is -2.40. The van der Waals surface area contributed by atoms with Gasteiger partial charge >= 0.3 is 0 Å². The normalized spacial score (nSPS) is 25.1. The van der Waals surface area contributed by atoms with Crippen LogP contribution in [0.25, 0.3) is 0 Å². The van der Waals surface area contributed by atoms with Gasteiger partial charge in [0.15, 0.2) is 0 Å². The maximum absolute atomic E-state index is 12.8. The second kappa shape index (κ2) is 7.87. The molecular weight excluding hydrogens is 318 g/mol. The SMILES string of the molecule is CCOc1cc(NC(C)=O)ccc1C(=O)NC1CC2CCCC(C1)N2. The Balaban J connectivity index is 1.71. The minimum atomic E-state index is -0.152. The zero-order chi connectivity index (χ0) is 17.8. The largest absolute Gasteiger partial charge is 0.493 e. The molecule has 2 aliphatic heterocycles. The summed E-state index contributed by atoms with van der Waals surface area (Å²) in [5.41, 5.74) is 1.14. The summed E-state index contributed by atoms with van der Waals surface area (Å²) in [6.45, 7) is 3.79. The van der Waals surface area contributed by atoms with E-state index in [4.69, 9.17) is 4.74 Å². The van der Waals surface area contributed by atoms with E-state index in [-0.39, 0.29) is 17.9 Å². The second-order valence-corrected chi connectivity index (χ2v) is 6.96. The average molecular weight is 345 g/mol. The summed E-state index contributed by atoms with van der Waals surface area (Å²) in [4.78, 5) is 24.0. The highest BCUT2D eigenvalue weighted by molar-refractivity contribution is 5.98. The summed E-state index contributed by atoms with van der Waals surface area (Å²) in [5.74, 6) is 0.240. The van der Waals surface area contributed by atoms with E-state index >= 15 is 0 Å². The van der Waals surface area contributed by atoms with E-state index in [1.165, 1.54) is 26.2 Å². The Bertz CT molecular complexity index is 635. The molecule has 0 saturated carbocycles. The number of hydrogen-bond acceptors (Lipinski definition) is 4. The molecule has 2 fully saturated rings. The number of anilines is 1. The zero-order valence-corrected chi connectivity index (χ0v) is 14.9. The van der Waals surface area contributed by atoms with Gasteiger partial charge in [-0.2, -0.15) is 0 Å². The molecular formula is C19H27N3O3. The van der Waals surface area contributed by atoms with Crippen molar-refractivity contribution >= 4 is 17.5 Å². The first-order valence-corrected chi connectivity index (χ1v) is 9.16. The molecule has 2 amide bonds. The smallest absolute Gasteiger partial charge is 0.255 e. The van der Waals surface area contributed by atoms with Crippen molar-refractivity contribution < 1.29 is 14.3 Å². The van der Waals surface area contributed by atoms with Crippen molar-refractivity contribution in [2.24, 2.45) is 0 Å². The monoisotopic (exact) mass is 345 g/mol. The number of hydrogen-bond donors (Lipinski definition) is 3. The van der Waals surface area contributed by atoms with Gasteiger partial charge in [-0.3, -0.25) is 9.59 Å². The molecule has 2 bridgehead atoms. The molecule has 3 N–H and O–H groups in total. The van der Waals surface area contributed by atoms with Crippen molar-refractivity contribution in [3.05, 3.63) is 23.8 Å². The number of amides is 2. The van der Waals surface area contributed by atoms with Gasteiger partial charge in [-0.05, 0) is 44.7 Å². The number of fused-ring (bicyclic) bond motifs is 2. The van der Waals surface area contributed by atoms with Gasteiger partial charge in [-0.15, -0.1) is 0 Å². The molecule has 136 valence electrons. The zero-order valence-electron chi connectivity index (χ0n) is 14.9. The molecule has 25 heavy (non-hydrogen) atoms. The Morgan fingerprint density at radius 2 is 1.96 bits per heavy atom. The van der Waals surface area contributed by atoms with Crippen LogP contribution in [0.2, 0.25) is 0 Å². The topological polar surface area (TPSA) is 79.5 Å². The third-order valence-electron chi connectivity index (χ3n) is 4.90. The standard InChI is InChI=1S/C19H27N3O3/c1-3-25-18-11-15(20-12(2)23)7-8-17(18)19(24)22-16-9-13-5-4-6-14(10-16)21-13/h7-8,11,13-14,16,21H,3-6,9-10H2,1-2H3,(H,20,23)(H,22,24). The van der Waals surface area contributed by atoms with Gasteiger partial charge in [0.1, 0.15) is 5.75 Å². The quantitative estimate of drug-likeness (QED) is 0.766. The fourth-order valence-electron chi connectivity index (χ4n) is 3.91. The lowest BCUT2D eigenvalue weighted by molar-refractivity contribution is -0.114. The molecule has 0 aliphatic carbocycles. The van der Waals surface area contributed by atoms with Crippen molar-refractivity contribution in [1.82, 2.24) is 10.6 Å². The number of piperidine rings is 2. The molecule has 0 spiro atoms.